The number of β-lactam (4-membered cyclic amide) rings is 1. The highest BCUT2D eigenvalue weighted by atomic mass is 19.1. The molecule has 12 nitrogen and oxygen atoms in total. The first-order valence-corrected chi connectivity index (χ1v) is 19.5. The van der Waals surface area contributed by atoms with Gasteiger partial charge in [0.2, 0.25) is 11.5 Å². The number of hydrogen-bond donors (Lipinski definition) is 0. The summed E-state index contributed by atoms with van der Waals surface area (Å²) in [5.74, 6) is 5.93. The van der Waals surface area contributed by atoms with E-state index in [0.717, 1.165) is 0 Å². The molecule has 0 spiro atoms. The number of carbonyl (C=O) groups is 4. The quantitative estimate of drug-likeness (QED) is 0.107. The van der Waals surface area contributed by atoms with Crippen LogP contribution in [-0.4, -0.2) is 69.9 Å². The van der Waals surface area contributed by atoms with Crippen molar-refractivity contribution in [1.29, 1.82) is 0 Å². The number of halogens is 1. The first-order valence-electron chi connectivity index (χ1n) is 19.5. The van der Waals surface area contributed by atoms with Crippen molar-refractivity contribution in [2.24, 2.45) is 5.92 Å². The predicted molar refractivity (Wildman–Crippen MR) is 205 cm³/mol. The summed E-state index contributed by atoms with van der Waals surface area (Å²) >= 11 is 0. The molecule has 3 saturated heterocycles. The zero-order chi connectivity index (χ0) is 42.1. The summed E-state index contributed by atoms with van der Waals surface area (Å²) in [6, 6.07) is 18.7. The molecule has 7 aliphatic rings. The highest BCUT2D eigenvalue weighted by Crippen LogP contribution is 2.60. The van der Waals surface area contributed by atoms with E-state index >= 15 is 4.79 Å². The van der Waals surface area contributed by atoms with E-state index in [0.29, 0.717) is 27.8 Å². The van der Waals surface area contributed by atoms with Gasteiger partial charge in [-0.05, 0) is 93.6 Å². The van der Waals surface area contributed by atoms with E-state index in [9.17, 15) is 18.8 Å². The van der Waals surface area contributed by atoms with E-state index in [2.05, 4.69) is 23.7 Å². The molecule has 0 N–H and O–H groups in total. The molecule has 0 saturated carbocycles. The Hall–Kier alpha value is -5.57. The van der Waals surface area contributed by atoms with Gasteiger partial charge in [-0.3, -0.25) is 24.1 Å². The van der Waals surface area contributed by atoms with Crippen molar-refractivity contribution in [1.82, 2.24) is 4.90 Å². The first kappa shape index (κ1) is 40.2. The summed E-state index contributed by atoms with van der Waals surface area (Å²) in [4.78, 5) is 56.6. The monoisotopic (exact) mass is 805 g/mol. The number of rotatable bonds is 9. The Morgan fingerprint density at radius 3 is 1.80 bits per heavy atom. The molecule has 3 fully saturated rings. The fourth-order valence-electron chi connectivity index (χ4n) is 9.11. The molecule has 3 aromatic rings. The van der Waals surface area contributed by atoms with E-state index in [4.69, 9.17) is 33.2 Å². The fraction of sp³-hybridized carbons (Fsp3) is 0.435. The number of nitrogens with zero attached hydrogens (tertiary/aromatic N) is 1. The maximum Gasteiger partial charge on any atom is 0.304 e. The van der Waals surface area contributed by atoms with Crippen LogP contribution < -0.4 is 0 Å². The molecule has 4 aliphatic carbocycles. The van der Waals surface area contributed by atoms with Crippen molar-refractivity contribution < 1.29 is 56.7 Å². The molecule has 0 aromatic heterocycles. The number of ether oxygens (including phenoxy) is 7. The molecule has 10 rings (SSSR count). The van der Waals surface area contributed by atoms with Gasteiger partial charge >= 0.3 is 17.9 Å². The number of amides is 1. The zero-order valence-electron chi connectivity index (χ0n) is 33.7. The van der Waals surface area contributed by atoms with Crippen molar-refractivity contribution in [2.45, 2.75) is 121 Å². The van der Waals surface area contributed by atoms with Crippen molar-refractivity contribution >= 4 is 23.8 Å². The van der Waals surface area contributed by atoms with Gasteiger partial charge in [0.1, 0.15) is 24.1 Å². The van der Waals surface area contributed by atoms with Crippen LogP contribution in [0.4, 0.5) is 4.39 Å². The van der Waals surface area contributed by atoms with Crippen LogP contribution >= 0.6 is 0 Å². The lowest BCUT2D eigenvalue weighted by molar-refractivity contribution is -0.412. The molecule has 7 unspecified atom stereocenters. The van der Waals surface area contributed by atoms with E-state index in [-0.39, 0.29) is 12.8 Å². The Bertz CT molecular complexity index is 2320. The molecular formula is C46H44FNO11. The van der Waals surface area contributed by atoms with Crippen LogP contribution in [-0.2, 0) is 52.3 Å². The number of likely N-dealkylation sites (tertiary alicyclic amines) is 1. The minimum atomic E-state index is -2.14. The number of hydrogen-bond acceptors (Lipinski definition) is 11. The van der Waals surface area contributed by atoms with E-state index in [1.807, 2.05) is 24.3 Å². The SMILES string of the molecule is CC(=O)O[C@@H](CC[C@H]1C(=O)N(C2(OC(C)=O)C3C#Cc4ccc(cc4)C2OC(C)(C)O3)C1C1(OC(C)=O)C2C#Cc3ccc(cc3)C1OC(C)(C)O2)c1ccc(F)cc1. The molecule has 9 atom stereocenters. The smallest absolute Gasteiger partial charge is 0.304 e. The van der Waals surface area contributed by atoms with Crippen molar-refractivity contribution in [3.8, 4) is 23.7 Å². The maximum absolute atomic E-state index is 15.5. The molecule has 13 heteroatoms. The normalized spacial score (nSPS) is 30.8. The summed E-state index contributed by atoms with van der Waals surface area (Å²) in [5.41, 5.74) is -1.17. The average molecular weight is 806 g/mol. The Morgan fingerprint density at radius 2 is 1.24 bits per heavy atom. The van der Waals surface area contributed by atoms with Gasteiger partial charge in [0, 0.05) is 31.9 Å². The predicted octanol–water partition coefficient (Wildman–Crippen LogP) is 6.11. The Morgan fingerprint density at radius 1 is 0.712 bits per heavy atom. The van der Waals surface area contributed by atoms with Gasteiger partial charge in [-0.25, -0.2) is 4.39 Å². The number of esters is 3. The maximum atomic E-state index is 15.5. The lowest BCUT2D eigenvalue weighted by Gasteiger charge is -2.67. The summed E-state index contributed by atoms with van der Waals surface area (Å²) in [7, 11) is 0. The van der Waals surface area contributed by atoms with E-state index in [1.54, 1.807) is 52.0 Å². The molecule has 306 valence electrons. The molecule has 8 bridgehead atoms. The summed E-state index contributed by atoms with van der Waals surface area (Å²) in [5, 5.41) is 0. The zero-order valence-corrected chi connectivity index (χ0v) is 33.7. The minimum Gasteiger partial charge on any atom is -0.458 e. The van der Waals surface area contributed by atoms with Crippen LogP contribution in [0.1, 0.15) is 107 Å². The second-order valence-corrected chi connectivity index (χ2v) is 16.4. The summed E-state index contributed by atoms with van der Waals surface area (Å²) < 4.78 is 59.5. The lowest BCUT2D eigenvalue weighted by Crippen LogP contribution is -2.85. The van der Waals surface area contributed by atoms with E-state index in [1.165, 1.54) is 49.9 Å². The standard InChI is InChI=1S/C46H44FNO11/c1-26(49)53-36(31-18-20-34(47)21-19-31)23-22-35-39(45(54-27(2)50)37-24-12-29-8-14-32(15-9-29)40(45)58-43(4,5)56-37)48(42(35)52)46(55-28(3)51)38-25-13-30-10-16-33(17-11-30)41(46)59-44(6,7)57-38/h8-11,14-21,35-41H,22-23H2,1-7H3/t35-,36+,37?,38?,39?,40?,41?,45?,46?/m1/s1. The molecule has 3 aromatic carbocycles. The van der Waals surface area contributed by atoms with Gasteiger partial charge in [0.05, 0.1) is 12.0 Å². The van der Waals surface area contributed by atoms with Crippen LogP contribution in [0.5, 0.6) is 0 Å². The average Bonchev–Trinajstić information content (AvgIpc) is 3.24. The molecule has 3 aliphatic heterocycles. The molecule has 3 heterocycles. The van der Waals surface area contributed by atoms with Gasteiger partial charge < -0.3 is 33.2 Å². The topological polar surface area (TPSA) is 136 Å². The van der Waals surface area contributed by atoms with Gasteiger partial charge in [-0.1, -0.05) is 60.1 Å². The molecule has 59 heavy (non-hydrogen) atoms. The number of fused-ring (bicyclic) bond motifs is 4. The van der Waals surface area contributed by atoms with Gasteiger partial charge in [-0.15, -0.1) is 0 Å². The summed E-state index contributed by atoms with van der Waals surface area (Å²) in [6.07, 6.45) is -5.70. The third-order valence-corrected chi connectivity index (χ3v) is 11.3. The fourth-order valence-corrected chi connectivity index (χ4v) is 9.11. The van der Waals surface area contributed by atoms with Crippen molar-refractivity contribution in [3.05, 3.63) is 106 Å². The second kappa shape index (κ2) is 14.6. The van der Waals surface area contributed by atoms with E-state index < -0.39 is 95.0 Å². The van der Waals surface area contributed by atoms with Crippen LogP contribution in [0.15, 0.2) is 72.8 Å². The molecule has 0 radical (unpaired) electrons. The van der Waals surface area contributed by atoms with Gasteiger partial charge in [-0.2, -0.15) is 0 Å². The van der Waals surface area contributed by atoms with Gasteiger partial charge in [0.25, 0.3) is 5.72 Å². The van der Waals surface area contributed by atoms with Crippen LogP contribution in [0, 0.1) is 35.4 Å². The number of benzene rings is 3. The Labute approximate surface area is 341 Å². The number of carbonyl (C=O) groups excluding carboxylic acids is 4. The first-order chi connectivity index (χ1) is 27.9. The third-order valence-electron chi connectivity index (χ3n) is 11.3. The lowest BCUT2D eigenvalue weighted by atomic mass is 9.64. The molecular weight excluding hydrogens is 762 g/mol. The highest BCUT2D eigenvalue weighted by Gasteiger charge is 2.77. The van der Waals surface area contributed by atoms with Crippen LogP contribution in [0.3, 0.4) is 0 Å². The largest absolute Gasteiger partial charge is 0.458 e. The van der Waals surface area contributed by atoms with Crippen LogP contribution in [0.2, 0.25) is 0 Å². The van der Waals surface area contributed by atoms with Crippen LogP contribution in [0.25, 0.3) is 0 Å². The molecule has 1 amide bonds. The highest BCUT2D eigenvalue weighted by molar-refractivity contribution is 5.89. The van der Waals surface area contributed by atoms with Crippen molar-refractivity contribution in [3.63, 3.8) is 0 Å². The second-order valence-electron chi connectivity index (χ2n) is 16.4. The van der Waals surface area contributed by atoms with Gasteiger partial charge in [0.15, 0.2) is 23.8 Å². The van der Waals surface area contributed by atoms with Crippen molar-refractivity contribution in [2.75, 3.05) is 0 Å². The summed E-state index contributed by atoms with van der Waals surface area (Å²) in [6.45, 7) is 10.6. The third kappa shape index (κ3) is 7.06. The Balaban J connectivity index is 1.37. The minimum absolute atomic E-state index is 0.0195. The Kier molecular flexibility index (Phi) is 9.96.